The molecule has 0 aliphatic carbocycles. The Hall–Kier alpha value is -2.50. The maximum Gasteiger partial charge on any atom is 0.261 e. The highest BCUT2D eigenvalue weighted by Gasteiger charge is 2.30. The van der Waals surface area contributed by atoms with Crippen molar-refractivity contribution in [1.82, 2.24) is 14.9 Å². The van der Waals surface area contributed by atoms with Crippen molar-refractivity contribution in [2.24, 2.45) is 5.41 Å². The first-order chi connectivity index (χ1) is 12.0. The van der Waals surface area contributed by atoms with Gasteiger partial charge in [-0.05, 0) is 43.8 Å². The summed E-state index contributed by atoms with van der Waals surface area (Å²) in [4.78, 5) is 40.8. The Balaban J connectivity index is 2.54. The topological polar surface area (TPSA) is 81.1 Å². The van der Waals surface area contributed by atoms with E-state index in [2.05, 4.69) is 37.7 Å². The Bertz CT molecular complexity index is 933. The largest absolute Gasteiger partial charge is 0.295 e. The number of imide groups is 1. The fourth-order valence-corrected chi connectivity index (χ4v) is 3.14. The second kappa shape index (κ2) is 7.40. The van der Waals surface area contributed by atoms with Crippen LogP contribution in [0.3, 0.4) is 0 Å². The third-order valence-electron chi connectivity index (χ3n) is 4.37. The zero-order valence-electron chi connectivity index (χ0n) is 16.2. The van der Waals surface area contributed by atoms with Gasteiger partial charge in [0.15, 0.2) is 0 Å². The van der Waals surface area contributed by atoms with Gasteiger partial charge in [0.05, 0.1) is 10.6 Å². The van der Waals surface area contributed by atoms with Crippen LogP contribution in [0.5, 0.6) is 0 Å². The normalized spacial score (nSPS) is 19.7. The van der Waals surface area contributed by atoms with Crippen LogP contribution in [0.1, 0.15) is 58.8 Å². The monoisotopic (exact) mass is 357 g/mol. The van der Waals surface area contributed by atoms with Gasteiger partial charge in [0, 0.05) is 6.42 Å². The molecular formula is C20H27N3O3. The van der Waals surface area contributed by atoms with Crippen molar-refractivity contribution in [2.45, 2.75) is 59.9 Å². The van der Waals surface area contributed by atoms with Crippen molar-refractivity contribution in [2.75, 3.05) is 0 Å². The van der Waals surface area contributed by atoms with E-state index in [-0.39, 0.29) is 28.5 Å². The van der Waals surface area contributed by atoms with Crippen LogP contribution in [0.4, 0.5) is 0 Å². The van der Waals surface area contributed by atoms with Gasteiger partial charge in [0.25, 0.3) is 5.56 Å². The molecule has 1 saturated heterocycles. The van der Waals surface area contributed by atoms with Crippen LogP contribution < -0.4 is 21.4 Å². The number of aromatic nitrogens is 2. The van der Waals surface area contributed by atoms with Crippen molar-refractivity contribution < 1.29 is 9.59 Å². The third-order valence-corrected chi connectivity index (χ3v) is 4.37. The molecule has 0 radical (unpaired) electrons. The molecule has 2 rings (SSSR count). The maximum atomic E-state index is 12.8. The van der Waals surface area contributed by atoms with Crippen LogP contribution >= 0.6 is 0 Å². The SMILES string of the molecule is C=c1c(=O)n(C2CCC(=O)NC2=O)c(C)n/c1=C/C(=C\C)CC(C)(C)C. The predicted molar refractivity (Wildman–Crippen MR) is 102 cm³/mol. The smallest absolute Gasteiger partial charge is 0.261 e. The minimum atomic E-state index is -0.724. The molecule has 1 aromatic rings. The van der Waals surface area contributed by atoms with Gasteiger partial charge >= 0.3 is 0 Å². The van der Waals surface area contributed by atoms with Gasteiger partial charge in [-0.3, -0.25) is 24.3 Å². The standard InChI is InChI=1S/C20H27N3O3/c1-7-14(11-20(4,5)6)10-15-12(2)19(26)23(13(3)21-15)16-8-9-17(24)22-18(16)25/h7,10,16H,2,8-9,11H2,1,3-6H3,(H,22,24,25)/b14-7+,15-10+. The van der Waals surface area contributed by atoms with Gasteiger partial charge in [-0.1, -0.05) is 33.4 Å². The van der Waals surface area contributed by atoms with Gasteiger partial charge in [-0.2, -0.15) is 0 Å². The van der Waals surface area contributed by atoms with Crippen LogP contribution in [0.25, 0.3) is 12.7 Å². The molecule has 1 fully saturated rings. The van der Waals surface area contributed by atoms with Crippen LogP contribution in [0.15, 0.2) is 16.4 Å². The van der Waals surface area contributed by atoms with Crippen molar-refractivity contribution in [1.29, 1.82) is 0 Å². The molecule has 1 unspecified atom stereocenters. The first-order valence-electron chi connectivity index (χ1n) is 8.82. The Kier molecular flexibility index (Phi) is 5.64. The quantitative estimate of drug-likeness (QED) is 0.822. The van der Waals surface area contributed by atoms with Crippen molar-refractivity contribution in [3.05, 3.63) is 38.4 Å². The summed E-state index contributed by atoms with van der Waals surface area (Å²) in [5, 5.41) is 3.06. The lowest BCUT2D eigenvalue weighted by Gasteiger charge is -2.24. The fraction of sp³-hybridized carbons (Fsp3) is 0.500. The molecular weight excluding hydrogens is 330 g/mol. The summed E-state index contributed by atoms with van der Waals surface area (Å²) in [5.74, 6) is -0.342. The summed E-state index contributed by atoms with van der Waals surface area (Å²) >= 11 is 0. The highest BCUT2D eigenvalue weighted by molar-refractivity contribution is 5.99. The molecule has 140 valence electrons. The number of carbonyl (C=O) groups excluding carboxylic acids is 2. The first kappa shape index (κ1) is 19.8. The second-order valence-electron chi connectivity index (χ2n) is 7.91. The average Bonchev–Trinajstić information content (AvgIpc) is 2.52. The summed E-state index contributed by atoms with van der Waals surface area (Å²) < 4.78 is 1.35. The number of nitrogens with zero attached hydrogens (tertiary/aromatic N) is 2. The molecule has 0 saturated carbocycles. The van der Waals surface area contributed by atoms with Gasteiger partial charge in [-0.15, -0.1) is 0 Å². The van der Waals surface area contributed by atoms with Gasteiger partial charge in [-0.25, -0.2) is 4.98 Å². The lowest BCUT2D eigenvalue weighted by atomic mass is 9.87. The minimum absolute atomic E-state index is 0.108. The van der Waals surface area contributed by atoms with Crippen LogP contribution in [0.2, 0.25) is 0 Å². The zero-order chi connectivity index (χ0) is 19.6. The molecule has 1 aromatic heterocycles. The molecule has 0 bridgehead atoms. The van der Waals surface area contributed by atoms with Crippen molar-refractivity contribution >= 4 is 24.5 Å². The molecule has 1 aliphatic heterocycles. The number of amides is 2. The number of allylic oxidation sites excluding steroid dienone is 2. The van der Waals surface area contributed by atoms with E-state index in [1.165, 1.54) is 4.57 Å². The van der Waals surface area contributed by atoms with Gasteiger partial charge in [0.1, 0.15) is 11.9 Å². The molecule has 1 aliphatic rings. The Morgan fingerprint density at radius 1 is 1.35 bits per heavy atom. The molecule has 2 amide bonds. The fourth-order valence-electron chi connectivity index (χ4n) is 3.14. The van der Waals surface area contributed by atoms with Crippen LogP contribution in [0, 0.1) is 12.3 Å². The van der Waals surface area contributed by atoms with E-state index >= 15 is 0 Å². The van der Waals surface area contributed by atoms with Crippen molar-refractivity contribution in [3.63, 3.8) is 0 Å². The van der Waals surface area contributed by atoms with E-state index in [4.69, 9.17) is 0 Å². The Morgan fingerprint density at radius 2 is 2.00 bits per heavy atom. The molecule has 6 nitrogen and oxygen atoms in total. The minimum Gasteiger partial charge on any atom is -0.295 e. The molecule has 26 heavy (non-hydrogen) atoms. The summed E-state index contributed by atoms with van der Waals surface area (Å²) in [5.41, 5.74) is 0.841. The number of aryl methyl sites for hydroxylation is 1. The number of nitrogens with one attached hydrogen (secondary N) is 1. The van der Waals surface area contributed by atoms with E-state index < -0.39 is 11.9 Å². The second-order valence-corrected chi connectivity index (χ2v) is 7.91. The number of hydrogen-bond acceptors (Lipinski definition) is 4. The Morgan fingerprint density at radius 3 is 2.54 bits per heavy atom. The van der Waals surface area contributed by atoms with Crippen LogP contribution in [-0.4, -0.2) is 21.4 Å². The number of carbonyl (C=O) groups is 2. The van der Waals surface area contributed by atoms with E-state index in [0.29, 0.717) is 17.6 Å². The number of piperidine rings is 1. The Labute approximate surface area is 153 Å². The van der Waals surface area contributed by atoms with Crippen LogP contribution in [-0.2, 0) is 9.59 Å². The summed E-state index contributed by atoms with van der Waals surface area (Å²) in [7, 11) is 0. The molecule has 0 spiro atoms. The number of rotatable bonds is 3. The zero-order valence-corrected chi connectivity index (χ0v) is 16.2. The first-order valence-corrected chi connectivity index (χ1v) is 8.82. The lowest BCUT2D eigenvalue weighted by Crippen LogP contribution is -2.52. The summed E-state index contributed by atoms with van der Waals surface area (Å²) in [6, 6.07) is -0.724. The number of hydrogen-bond donors (Lipinski definition) is 1. The molecule has 0 aromatic carbocycles. The molecule has 6 heteroatoms. The highest BCUT2D eigenvalue weighted by atomic mass is 16.2. The molecule has 1 N–H and O–H groups in total. The van der Waals surface area contributed by atoms with Gasteiger partial charge < -0.3 is 0 Å². The van der Waals surface area contributed by atoms with E-state index in [1.54, 1.807) is 6.92 Å². The summed E-state index contributed by atoms with van der Waals surface area (Å²) in [6.45, 7) is 14.0. The van der Waals surface area contributed by atoms with Gasteiger partial charge in [0.2, 0.25) is 11.8 Å². The van der Waals surface area contributed by atoms with E-state index in [1.807, 2.05) is 19.1 Å². The predicted octanol–water partition coefficient (Wildman–Crippen LogP) is 1.10. The van der Waals surface area contributed by atoms with Crippen molar-refractivity contribution in [3.8, 4) is 0 Å². The average molecular weight is 357 g/mol. The molecule has 2 heterocycles. The molecule has 1 atom stereocenters. The maximum absolute atomic E-state index is 12.8. The lowest BCUT2D eigenvalue weighted by molar-refractivity contribution is -0.135. The van der Waals surface area contributed by atoms with E-state index in [0.717, 1.165) is 12.0 Å². The van der Waals surface area contributed by atoms with E-state index in [9.17, 15) is 14.4 Å². The highest BCUT2D eigenvalue weighted by Crippen LogP contribution is 2.24. The third kappa shape index (κ3) is 4.36. The summed E-state index contributed by atoms with van der Waals surface area (Å²) in [6.07, 6.45) is 5.24.